The van der Waals surface area contributed by atoms with Gasteiger partial charge < -0.3 is 9.53 Å². The van der Waals surface area contributed by atoms with Crippen LogP contribution in [0.3, 0.4) is 0 Å². The number of hydrogen-bond acceptors (Lipinski definition) is 2. The summed E-state index contributed by atoms with van der Waals surface area (Å²) in [6.45, 7) is 13.5. The second kappa shape index (κ2) is 18.6. The predicted octanol–water partition coefficient (Wildman–Crippen LogP) is 2.23. The summed E-state index contributed by atoms with van der Waals surface area (Å²) in [5.74, 6) is 0.773. The van der Waals surface area contributed by atoms with E-state index in [1.54, 1.807) is 7.11 Å². The molecular formula is C17H13MnO5. The van der Waals surface area contributed by atoms with Crippen molar-refractivity contribution < 1.29 is 40.6 Å². The first kappa shape index (κ1) is 26.5. The Morgan fingerprint density at radius 2 is 1.57 bits per heavy atom. The van der Waals surface area contributed by atoms with Crippen molar-refractivity contribution >= 4 is 6.29 Å². The van der Waals surface area contributed by atoms with E-state index < -0.39 is 0 Å². The van der Waals surface area contributed by atoms with Gasteiger partial charge in [0.25, 0.3) is 0 Å². The van der Waals surface area contributed by atoms with Crippen molar-refractivity contribution in [3.8, 4) is 0 Å². The molecule has 1 aromatic rings. The van der Waals surface area contributed by atoms with Crippen molar-refractivity contribution in [2.24, 2.45) is 0 Å². The van der Waals surface area contributed by atoms with Crippen LogP contribution in [-0.4, -0.2) is 13.4 Å². The zero-order valence-corrected chi connectivity index (χ0v) is 13.4. The summed E-state index contributed by atoms with van der Waals surface area (Å²) in [7, 11) is 1.58. The summed E-state index contributed by atoms with van der Waals surface area (Å²) < 4.78 is 27.7. The number of carbonyl (C=O) groups is 1. The maximum atomic E-state index is 10.8. The van der Waals surface area contributed by atoms with E-state index in [9.17, 15) is 4.79 Å². The standard InChI is InChI=1S/C14H13O2.3CO.Mn/c1-16-14-9-12(7-8-13(14)10-15)11-5-3-2-4-6-11;3*1-2;/h2-10,12H,1H3;;;;/t12-;;;;/m0..../s1. The zero-order chi connectivity index (χ0) is 17.4. The Morgan fingerprint density at radius 3 is 2.00 bits per heavy atom. The van der Waals surface area contributed by atoms with Crippen LogP contribution in [0.2, 0.25) is 0 Å². The van der Waals surface area contributed by atoms with Crippen LogP contribution in [0.15, 0.2) is 30.3 Å². The van der Waals surface area contributed by atoms with Crippen molar-refractivity contribution in [1.82, 2.24) is 0 Å². The normalized spacial score (nSPS) is 16.4. The molecule has 0 aromatic heterocycles. The van der Waals surface area contributed by atoms with Gasteiger partial charge in [-0.15, -0.1) is 0 Å². The Balaban J connectivity index is -0.000000514. The number of hydrogen-bond donors (Lipinski definition) is 0. The summed E-state index contributed by atoms with van der Waals surface area (Å²) in [6.07, 6.45) is 7.23. The third kappa shape index (κ3) is 9.35. The van der Waals surface area contributed by atoms with Crippen LogP contribution in [-0.2, 0) is 40.6 Å². The Morgan fingerprint density at radius 1 is 1.04 bits per heavy atom. The molecule has 6 radical (unpaired) electrons. The van der Waals surface area contributed by atoms with E-state index in [1.165, 1.54) is 5.56 Å². The Labute approximate surface area is 147 Å². The molecule has 1 aliphatic carbocycles. The second-order valence-electron chi connectivity index (χ2n) is 3.60. The first-order valence-electron chi connectivity index (χ1n) is 5.78. The fourth-order valence-corrected chi connectivity index (χ4v) is 1.77. The van der Waals surface area contributed by atoms with Gasteiger partial charge in [-0.1, -0.05) is 30.3 Å². The summed E-state index contributed by atoms with van der Waals surface area (Å²) in [4.78, 5) is 10.8. The molecule has 2 rings (SSSR count). The minimum Gasteiger partial charge on any atom is 0 e. The molecule has 0 saturated heterocycles. The Bertz CT molecular complexity index is 441. The van der Waals surface area contributed by atoms with Crippen molar-refractivity contribution in [1.29, 1.82) is 0 Å². The first-order valence-corrected chi connectivity index (χ1v) is 5.78. The number of ether oxygens (including phenoxy) is 1. The molecule has 0 unspecified atom stereocenters. The molecule has 0 N–H and O–H groups in total. The molecule has 1 saturated carbocycles. The minimum atomic E-state index is 0. The molecule has 1 fully saturated rings. The fraction of sp³-hybridized carbons (Fsp3) is 0.118. The van der Waals surface area contributed by atoms with Gasteiger partial charge in [-0.25, -0.2) is 0 Å². The molecular weight excluding hydrogens is 339 g/mol. The van der Waals surface area contributed by atoms with Crippen LogP contribution in [0, 0.1) is 51.2 Å². The molecule has 1 aromatic carbocycles. The number of rotatable bonds is 3. The van der Waals surface area contributed by atoms with Gasteiger partial charge in [-0.05, 0) is 24.3 Å². The van der Waals surface area contributed by atoms with Crippen LogP contribution in [0.5, 0.6) is 0 Å². The minimum absolute atomic E-state index is 0. The van der Waals surface area contributed by atoms with Gasteiger partial charge >= 0.3 is 33.9 Å². The van der Waals surface area contributed by atoms with Gasteiger partial charge in [-0.2, -0.15) is 0 Å². The monoisotopic (exact) mass is 352 g/mol. The molecule has 1 aliphatic rings. The van der Waals surface area contributed by atoms with Gasteiger partial charge in [0.2, 0.25) is 0 Å². The van der Waals surface area contributed by atoms with Crippen molar-refractivity contribution in [2.75, 3.05) is 7.11 Å². The van der Waals surface area contributed by atoms with Crippen LogP contribution in [0.4, 0.5) is 0 Å². The molecule has 118 valence electrons. The topological polar surface area (TPSA) is 86.0 Å². The quantitative estimate of drug-likeness (QED) is 0.362. The molecule has 0 aliphatic heterocycles. The maximum absolute atomic E-state index is 10.8. The smallest absolute Gasteiger partial charge is 0 e. The predicted molar refractivity (Wildman–Crippen MR) is 73.4 cm³/mol. The van der Waals surface area contributed by atoms with E-state index in [1.807, 2.05) is 37.5 Å². The van der Waals surface area contributed by atoms with Crippen molar-refractivity contribution in [3.63, 3.8) is 0 Å². The van der Waals surface area contributed by atoms with Crippen LogP contribution < -0.4 is 0 Å². The zero-order valence-electron chi connectivity index (χ0n) is 12.2. The second-order valence-corrected chi connectivity index (χ2v) is 3.60. The molecule has 6 heteroatoms. The van der Waals surface area contributed by atoms with Gasteiger partial charge in [0.1, 0.15) is 12.4 Å². The van der Waals surface area contributed by atoms with E-state index in [4.69, 9.17) is 18.7 Å². The van der Waals surface area contributed by atoms with Crippen LogP contribution in [0.25, 0.3) is 0 Å². The van der Waals surface area contributed by atoms with E-state index in [0.717, 1.165) is 6.29 Å². The van der Waals surface area contributed by atoms with Gasteiger partial charge in [0, 0.05) is 30.6 Å². The summed E-state index contributed by atoms with van der Waals surface area (Å²) in [5.41, 5.74) is 1.19. The number of benzene rings is 1. The molecule has 0 bridgehead atoms. The molecule has 1 atom stereocenters. The van der Waals surface area contributed by atoms with E-state index in [-0.39, 0.29) is 23.0 Å². The summed E-state index contributed by atoms with van der Waals surface area (Å²) in [6, 6.07) is 10.1. The Kier molecular flexibility index (Phi) is 21.5. The average molecular weight is 352 g/mol. The van der Waals surface area contributed by atoms with E-state index >= 15 is 0 Å². The molecule has 5 nitrogen and oxygen atoms in total. The van der Waals surface area contributed by atoms with Crippen LogP contribution in [0.1, 0.15) is 11.5 Å². The summed E-state index contributed by atoms with van der Waals surface area (Å²) in [5, 5.41) is 0. The molecule has 0 heterocycles. The molecule has 23 heavy (non-hydrogen) atoms. The van der Waals surface area contributed by atoms with Crippen molar-refractivity contribution in [2.45, 2.75) is 5.92 Å². The van der Waals surface area contributed by atoms with E-state index in [0.29, 0.717) is 12.0 Å². The average Bonchev–Trinajstić information content (AvgIpc) is 2.66. The Hall–Kier alpha value is -1.41. The maximum Gasteiger partial charge on any atom is 0 e. The van der Waals surface area contributed by atoms with Crippen molar-refractivity contribution in [3.05, 3.63) is 87.1 Å². The number of aldehydes is 1. The molecule has 0 spiro atoms. The van der Waals surface area contributed by atoms with Gasteiger partial charge in [0.15, 0.2) is 0 Å². The SMILES string of the molecule is CO[C]1[CH][C@@H](c2ccccc2)[CH][CH][C]1C=O.[C-]#[O+].[C-]#[O+].[C-]#[O+].[Mn]. The third-order valence-electron chi connectivity index (χ3n) is 2.63. The van der Waals surface area contributed by atoms with Gasteiger partial charge in [0.05, 0.1) is 5.92 Å². The fourth-order valence-electron chi connectivity index (χ4n) is 1.77. The number of methoxy groups -OCH3 is 1. The summed E-state index contributed by atoms with van der Waals surface area (Å²) >= 11 is 0. The van der Waals surface area contributed by atoms with E-state index in [2.05, 4.69) is 32.1 Å². The molecule has 0 amide bonds. The van der Waals surface area contributed by atoms with Gasteiger partial charge in [-0.3, -0.25) is 0 Å². The largest absolute Gasteiger partial charge is 0 e. The first-order chi connectivity index (χ1) is 10.8. The third-order valence-corrected chi connectivity index (χ3v) is 2.63. The van der Waals surface area contributed by atoms with Crippen LogP contribution >= 0.6 is 0 Å². The number of carbonyl (C=O) groups excluding carboxylic acids is 1.